The number of phenols is 2. The van der Waals surface area contributed by atoms with Crippen LogP contribution in [0.2, 0.25) is 0 Å². The minimum atomic E-state index is -4.16. The summed E-state index contributed by atoms with van der Waals surface area (Å²) in [5.74, 6) is -3.21. The minimum absolute atomic E-state index is 0.00304. The third-order valence-corrected chi connectivity index (χ3v) is 11.1. The van der Waals surface area contributed by atoms with E-state index in [1.165, 1.54) is 40.6 Å². The van der Waals surface area contributed by atoms with Crippen molar-refractivity contribution in [3.05, 3.63) is 50.9 Å². The largest absolute Gasteiger partial charge is 0.504 e. The lowest BCUT2D eigenvalue weighted by atomic mass is 10.0. The molecule has 4 heterocycles. The summed E-state index contributed by atoms with van der Waals surface area (Å²) in [7, 11) is -2.62. The minimum Gasteiger partial charge on any atom is -0.504 e. The number of hydrogen-bond acceptors (Lipinski definition) is 17. The molecule has 17 nitrogen and oxygen atoms in total. The van der Waals surface area contributed by atoms with Gasteiger partial charge in [-0.3, -0.25) is 19.3 Å². The third-order valence-electron chi connectivity index (χ3n) is 6.57. The molecule has 0 bridgehead atoms. The van der Waals surface area contributed by atoms with E-state index < -0.39 is 61.7 Å². The van der Waals surface area contributed by atoms with Gasteiger partial charge < -0.3 is 31.2 Å². The lowest BCUT2D eigenvalue weighted by Gasteiger charge is -2.50. The Morgan fingerprint density at radius 3 is 2.69 bits per heavy atom. The second kappa shape index (κ2) is 12.6. The molecule has 2 aromatic heterocycles. The maximum Gasteiger partial charge on any atom is 0.336 e. The van der Waals surface area contributed by atoms with Crippen LogP contribution in [0.15, 0.2) is 54.9 Å². The first-order valence-corrected chi connectivity index (χ1v) is 17.2. The van der Waals surface area contributed by atoms with Crippen molar-refractivity contribution in [2.24, 2.45) is 12.2 Å². The third kappa shape index (κ3) is 6.55. The number of rotatable bonds is 10. The number of phenolic OH excluding ortho intramolecular Hbond substituents is 2. The van der Waals surface area contributed by atoms with Gasteiger partial charge in [0, 0.05) is 35.7 Å². The average Bonchev–Trinajstić information content (AvgIpc) is 3.42. The highest BCUT2D eigenvalue weighted by molar-refractivity contribution is 8.01. The molecule has 6 N–H and O–H groups in total. The van der Waals surface area contributed by atoms with Gasteiger partial charge in [0.2, 0.25) is 15.8 Å². The zero-order valence-corrected chi connectivity index (χ0v) is 26.5. The topological polar surface area (TPSA) is 253 Å². The fourth-order valence-electron chi connectivity index (χ4n) is 4.18. The number of nitrogens with two attached hydrogens (primary N) is 1. The molecule has 5 rings (SSSR count). The Bertz CT molecular complexity index is 1920. The number of allylic oxidation sites excluding steroid dienone is 1. The molecule has 0 saturated carbocycles. The maximum atomic E-state index is 13.3. The highest BCUT2D eigenvalue weighted by Gasteiger charge is 2.52. The van der Waals surface area contributed by atoms with Gasteiger partial charge in [-0.25, -0.2) is 18.1 Å². The standard InChI is InChI=1S/C24H24N8O9S4/c1-10-11(7-44-24-28-19(36)20(37)29-31(24)2)6-42-22-17(21(38)32(10)22)27-18(35)16(13-8-43-23(25)26-13)30-41-9-45(39,40)12-3-4-14(33)15(34)5-12/h3-5,8,17,22,33-34H,6-7,9H2,1-2H3,(H2,25,26)(H,27,35)(H,29,37)/b30-16-/t17-,22-/m1/s1. The van der Waals surface area contributed by atoms with Gasteiger partial charge in [0.1, 0.15) is 17.1 Å². The average molecular weight is 697 g/mol. The van der Waals surface area contributed by atoms with E-state index in [4.69, 9.17) is 10.6 Å². The van der Waals surface area contributed by atoms with Crippen LogP contribution in [-0.2, 0) is 31.3 Å². The van der Waals surface area contributed by atoms with Crippen molar-refractivity contribution in [1.82, 2.24) is 30.0 Å². The molecule has 2 aliphatic rings. The van der Waals surface area contributed by atoms with Crippen LogP contribution in [0.1, 0.15) is 12.6 Å². The Kier molecular flexibility index (Phi) is 8.96. The molecular formula is C24H24N8O9S4. The molecule has 1 fully saturated rings. The number of β-lactam (4-membered cyclic amide) rings is 1. The number of aromatic nitrogens is 4. The summed E-state index contributed by atoms with van der Waals surface area (Å²) in [4.78, 5) is 52.2. The number of aryl methyl sites for hydroxylation is 1. The van der Waals surface area contributed by atoms with Crippen LogP contribution in [0.3, 0.4) is 0 Å². The van der Waals surface area contributed by atoms with E-state index in [-0.39, 0.29) is 26.8 Å². The molecule has 238 valence electrons. The number of nitrogens with zero attached hydrogens (tertiary/aromatic N) is 6. The van der Waals surface area contributed by atoms with E-state index in [1.807, 2.05) is 0 Å². The normalized spacial score (nSPS) is 18.4. The Balaban J connectivity index is 1.27. The van der Waals surface area contributed by atoms with E-state index in [2.05, 4.69) is 25.5 Å². The zero-order chi connectivity index (χ0) is 32.6. The lowest BCUT2D eigenvalue weighted by molar-refractivity contribution is -0.144. The number of amides is 2. The number of sulfone groups is 1. The Morgan fingerprint density at radius 2 is 2.00 bits per heavy atom. The second-order valence-corrected chi connectivity index (χ2v) is 14.4. The van der Waals surface area contributed by atoms with E-state index in [0.29, 0.717) is 17.2 Å². The van der Waals surface area contributed by atoms with Crippen molar-refractivity contribution in [3.8, 4) is 17.4 Å². The Morgan fingerprint density at radius 1 is 1.24 bits per heavy atom. The number of thiazole rings is 1. The van der Waals surface area contributed by atoms with Crippen LogP contribution in [0.5, 0.6) is 17.4 Å². The van der Waals surface area contributed by atoms with Gasteiger partial charge >= 0.3 is 5.56 Å². The van der Waals surface area contributed by atoms with E-state index in [9.17, 15) is 38.1 Å². The molecule has 0 aliphatic carbocycles. The summed E-state index contributed by atoms with van der Waals surface area (Å²) in [6.07, 6.45) is 0. The van der Waals surface area contributed by atoms with Crippen LogP contribution in [0, 0.1) is 0 Å². The van der Waals surface area contributed by atoms with Crippen LogP contribution >= 0.6 is 34.9 Å². The number of carbonyl (C=O) groups excluding carboxylic acids is 2. The lowest BCUT2D eigenvalue weighted by Crippen LogP contribution is -2.70. The number of anilines is 1. The highest BCUT2D eigenvalue weighted by atomic mass is 32.2. The van der Waals surface area contributed by atoms with Crippen LogP contribution < -0.4 is 16.6 Å². The number of carbonyl (C=O) groups is 2. The number of fused-ring (bicyclic) bond motifs is 1. The first-order valence-electron chi connectivity index (χ1n) is 12.6. The van der Waals surface area contributed by atoms with Gasteiger partial charge in [-0.05, 0) is 24.6 Å². The number of nitrogens with one attached hydrogen (secondary N) is 1. The molecule has 1 aromatic carbocycles. The summed E-state index contributed by atoms with van der Waals surface area (Å²) in [6, 6.07) is 1.97. The number of nitrogen functional groups attached to an aromatic ring is 1. The monoisotopic (exact) mass is 696 g/mol. The van der Waals surface area contributed by atoms with Crippen LogP contribution in [0.4, 0.5) is 5.13 Å². The molecule has 2 aliphatic heterocycles. The van der Waals surface area contributed by atoms with Crippen LogP contribution in [0.25, 0.3) is 0 Å². The second-order valence-electron chi connectivity index (χ2n) is 9.51. The molecule has 3 aromatic rings. The molecule has 0 unspecified atom stereocenters. The van der Waals surface area contributed by atoms with Crippen molar-refractivity contribution in [1.29, 1.82) is 0 Å². The SMILES string of the molecule is CC1=C(CSc2nc(=O)c(O)nn2C)CS[C@@H]2[C@H](NC(=O)/C(=N\OCS(=O)(=O)c3ccc(O)c(O)c3)c3csc(N)n3)C(=O)N12. The molecule has 21 heteroatoms. The van der Waals surface area contributed by atoms with Gasteiger partial charge in [0.05, 0.1) is 4.90 Å². The predicted octanol–water partition coefficient (Wildman–Crippen LogP) is -0.0509. The summed E-state index contributed by atoms with van der Waals surface area (Å²) >= 11 is 3.63. The molecule has 0 spiro atoms. The number of thioether (sulfide) groups is 2. The summed E-state index contributed by atoms with van der Waals surface area (Å²) < 4.78 is 26.6. The van der Waals surface area contributed by atoms with E-state index >= 15 is 0 Å². The quantitative estimate of drug-likeness (QED) is 0.0612. The van der Waals surface area contributed by atoms with Gasteiger partial charge in [0.15, 0.2) is 27.5 Å². The predicted molar refractivity (Wildman–Crippen MR) is 163 cm³/mol. The van der Waals surface area contributed by atoms with E-state index in [0.717, 1.165) is 35.1 Å². The fourth-order valence-corrected chi connectivity index (χ4v) is 8.21. The number of aromatic hydroxyl groups is 3. The summed E-state index contributed by atoms with van der Waals surface area (Å²) in [5, 5.41) is 39.9. The van der Waals surface area contributed by atoms with Gasteiger partial charge in [0.25, 0.3) is 17.7 Å². The van der Waals surface area contributed by atoms with Crippen molar-refractivity contribution < 1.29 is 38.2 Å². The number of benzene rings is 1. The van der Waals surface area contributed by atoms with Crippen molar-refractivity contribution >= 4 is 67.4 Å². The summed E-state index contributed by atoms with van der Waals surface area (Å²) in [5.41, 5.74) is 6.04. The van der Waals surface area contributed by atoms with Gasteiger partial charge in [-0.2, -0.15) is 4.98 Å². The Hall–Kier alpha value is -4.34. The first-order chi connectivity index (χ1) is 21.3. The van der Waals surface area contributed by atoms with Crippen molar-refractivity contribution in [2.75, 3.05) is 23.2 Å². The number of hydrogen-bond donors (Lipinski definition) is 5. The van der Waals surface area contributed by atoms with Gasteiger partial charge in [-0.1, -0.05) is 16.9 Å². The molecule has 2 atom stereocenters. The first kappa shape index (κ1) is 32.1. The smallest absolute Gasteiger partial charge is 0.336 e. The van der Waals surface area contributed by atoms with Crippen molar-refractivity contribution in [3.63, 3.8) is 0 Å². The molecule has 0 radical (unpaired) electrons. The molecule has 1 saturated heterocycles. The Labute approximate surface area is 266 Å². The van der Waals surface area contributed by atoms with Crippen LogP contribution in [-0.4, -0.2) is 94.8 Å². The zero-order valence-electron chi connectivity index (χ0n) is 23.3. The fraction of sp³-hybridized carbons (Fsp3) is 0.292. The van der Waals surface area contributed by atoms with Gasteiger partial charge in [-0.15, -0.1) is 28.2 Å². The molecular weight excluding hydrogens is 673 g/mol. The molecule has 45 heavy (non-hydrogen) atoms. The summed E-state index contributed by atoms with van der Waals surface area (Å²) in [6.45, 7) is 1.77. The number of oxime groups is 1. The van der Waals surface area contributed by atoms with E-state index in [1.54, 1.807) is 11.8 Å². The maximum absolute atomic E-state index is 13.3. The van der Waals surface area contributed by atoms with Crippen molar-refractivity contribution in [2.45, 2.75) is 28.4 Å². The molecule has 2 amide bonds. The highest BCUT2D eigenvalue weighted by Crippen LogP contribution is 2.41.